The van der Waals surface area contributed by atoms with Crippen LogP contribution in [0.1, 0.15) is 31.4 Å². The first-order valence-electron chi connectivity index (χ1n) is 5.92. The minimum atomic E-state index is -0.224. The Balaban J connectivity index is 2.31. The highest BCUT2D eigenvalue weighted by molar-refractivity contribution is 5.76. The second-order valence-corrected chi connectivity index (χ2v) is 3.93. The van der Waals surface area contributed by atoms with Gasteiger partial charge in [-0.05, 0) is 18.9 Å². The Kier molecular flexibility index (Phi) is 6.04. The van der Waals surface area contributed by atoms with Crippen molar-refractivity contribution in [1.29, 1.82) is 0 Å². The van der Waals surface area contributed by atoms with E-state index >= 15 is 0 Å². The number of carbonyl (C=O) groups is 1. The molecule has 0 aliphatic rings. The molecule has 0 aromatic heterocycles. The number of benzene rings is 1. The van der Waals surface area contributed by atoms with Crippen LogP contribution in [0.4, 0.5) is 0 Å². The Labute approximate surface area is 103 Å². The third-order valence-electron chi connectivity index (χ3n) is 2.50. The van der Waals surface area contributed by atoms with E-state index in [1.54, 1.807) is 0 Å². The first-order chi connectivity index (χ1) is 8.24. The van der Waals surface area contributed by atoms with Crippen LogP contribution in [0.3, 0.4) is 0 Å². The minimum absolute atomic E-state index is 0.00542. The van der Waals surface area contributed by atoms with Crippen LogP contribution in [0, 0.1) is 0 Å². The van der Waals surface area contributed by atoms with E-state index in [1.807, 2.05) is 49.4 Å². The molecule has 1 rings (SSSR count). The maximum absolute atomic E-state index is 11.6. The van der Waals surface area contributed by atoms with Crippen molar-refractivity contribution >= 4 is 5.91 Å². The number of hydrogen-bond donors (Lipinski definition) is 2. The standard InChI is InChI=1S/C14H20N2O/c1-2-3-7-10-16-14(17)11-13(15)12-8-5-4-6-9-12/h2-6,8-9,13H,7,10-11,15H2,1H3,(H,16,17)/b3-2+. The van der Waals surface area contributed by atoms with Gasteiger partial charge in [-0.3, -0.25) is 4.79 Å². The lowest BCUT2D eigenvalue weighted by Crippen LogP contribution is -2.28. The molecule has 0 saturated heterocycles. The van der Waals surface area contributed by atoms with Gasteiger partial charge in [0.15, 0.2) is 0 Å². The van der Waals surface area contributed by atoms with Crippen LogP contribution in [0.25, 0.3) is 0 Å². The summed E-state index contributed by atoms with van der Waals surface area (Å²) in [4.78, 5) is 11.6. The van der Waals surface area contributed by atoms with Gasteiger partial charge in [0, 0.05) is 19.0 Å². The Morgan fingerprint density at radius 1 is 1.41 bits per heavy atom. The summed E-state index contributed by atoms with van der Waals surface area (Å²) in [5, 5.41) is 2.85. The molecular weight excluding hydrogens is 212 g/mol. The van der Waals surface area contributed by atoms with Gasteiger partial charge in [0.1, 0.15) is 0 Å². The lowest BCUT2D eigenvalue weighted by Gasteiger charge is -2.11. The number of carbonyl (C=O) groups excluding carboxylic acids is 1. The van der Waals surface area contributed by atoms with Crippen molar-refractivity contribution in [3.8, 4) is 0 Å². The van der Waals surface area contributed by atoms with Gasteiger partial charge in [-0.15, -0.1) is 0 Å². The Morgan fingerprint density at radius 2 is 2.12 bits per heavy atom. The van der Waals surface area contributed by atoms with E-state index in [4.69, 9.17) is 5.73 Å². The zero-order chi connectivity index (χ0) is 12.5. The maximum atomic E-state index is 11.6. The van der Waals surface area contributed by atoms with Gasteiger partial charge in [-0.1, -0.05) is 42.5 Å². The van der Waals surface area contributed by atoms with E-state index in [0.717, 1.165) is 12.0 Å². The maximum Gasteiger partial charge on any atom is 0.221 e. The van der Waals surface area contributed by atoms with Crippen molar-refractivity contribution in [2.75, 3.05) is 6.54 Å². The highest BCUT2D eigenvalue weighted by atomic mass is 16.1. The Morgan fingerprint density at radius 3 is 2.76 bits per heavy atom. The average molecular weight is 232 g/mol. The SMILES string of the molecule is C/C=C/CCNC(=O)CC(N)c1ccccc1. The Hall–Kier alpha value is -1.61. The predicted molar refractivity (Wildman–Crippen MR) is 70.4 cm³/mol. The lowest BCUT2D eigenvalue weighted by atomic mass is 10.0. The summed E-state index contributed by atoms with van der Waals surface area (Å²) >= 11 is 0. The second-order valence-electron chi connectivity index (χ2n) is 3.93. The fourth-order valence-corrected chi connectivity index (χ4v) is 1.55. The average Bonchev–Trinajstić information content (AvgIpc) is 2.36. The van der Waals surface area contributed by atoms with Gasteiger partial charge in [0.25, 0.3) is 0 Å². The monoisotopic (exact) mass is 232 g/mol. The molecule has 0 aliphatic carbocycles. The summed E-state index contributed by atoms with van der Waals surface area (Å²) in [5.41, 5.74) is 6.95. The van der Waals surface area contributed by atoms with Gasteiger partial charge in [-0.25, -0.2) is 0 Å². The molecule has 0 aliphatic heterocycles. The first-order valence-corrected chi connectivity index (χ1v) is 5.92. The van der Waals surface area contributed by atoms with Crippen LogP contribution in [-0.2, 0) is 4.79 Å². The zero-order valence-electron chi connectivity index (χ0n) is 10.2. The number of nitrogens with two attached hydrogens (primary N) is 1. The van der Waals surface area contributed by atoms with Gasteiger partial charge in [0.2, 0.25) is 5.91 Å². The molecule has 0 saturated carbocycles. The molecule has 0 bridgehead atoms. The van der Waals surface area contributed by atoms with Crippen molar-refractivity contribution in [3.05, 3.63) is 48.0 Å². The van der Waals surface area contributed by atoms with Crippen molar-refractivity contribution in [2.45, 2.75) is 25.8 Å². The molecule has 1 atom stereocenters. The van der Waals surface area contributed by atoms with E-state index in [0.29, 0.717) is 13.0 Å². The molecule has 3 heteroatoms. The lowest BCUT2D eigenvalue weighted by molar-refractivity contribution is -0.121. The normalized spacial score (nSPS) is 12.6. The predicted octanol–water partition coefficient (Wildman–Crippen LogP) is 2.16. The van der Waals surface area contributed by atoms with Gasteiger partial charge >= 0.3 is 0 Å². The summed E-state index contributed by atoms with van der Waals surface area (Å²) in [6.07, 6.45) is 5.20. The highest BCUT2D eigenvalue weighted by Gasteiger charge is 2.10. The van der Waals surface area contributed by atoms with Gasteiger partial charge in [0.05, 0.1) is 0 Å². The molecule has 1 unspecified atom stereocenters. The van der Waals surface area contributed by atoms with E-state index in [-0.39, 0.29) is 11.9 Å². The molecule has 3 N–H and O–H groups in total. The van der Waals surface area contributed by atoms with Crippen LogP contribution < -0.4 is 11.1 Å². The smallest absolute Gasteiger partial charge is 0.221 e. The van der Waals surface area contributed by atoms with Crippen LogP contribution in [0.2, 0.25) is 0 Å². The fraction of sp³-hybridized carbons (Fsp3) is 0.357. The van der Waals surface area contributed by atoms with Crippen LogP contribution in [-0.4, -0.2) is 12.5 Å². The molecule has 1 amide bonds. The highest BCUT2D eigenvalue weighted by Crippen LogP contribution is 2.12. The third kappa shape index (κ3) is 5.31. The summed E-state index contributed by atoms with van der Waals surface area (Å²) in [6, 6.07) is 9.46. The van der Waals surface area contributed by atoms with E-state index in [1.165, 1.54) is 0 Å². The first kappa shape index (κ1) is 13.5. The van der Waals surface area contributed by atoms with Crippen LogP contribution in [0.15, 0.2) is 42.5 Å². The van der Waals surface area contributed by atoms with Gasteiger partial charge < -0.3 is 11.1 Å². The van der Waals surface area contributed by atoms with Gasteiger partial charge in [-0.2, -0.15) is 0 Å². The molecule has 92 valence electrons. The minimum Gasteiger partial charge on any atom is -0.356 e. The van der Waals surface area contributed by atoms with E-state index in [2.05, 4.69) is 5.32 Å². The van der Waals surface area contributed by atoms with Crippen LogP contribution in [0.5, 0.6) is 0 Å². The Bertz CT molecular complexity index is 360. The molecule has 0 fully saturated rings. The number of nitrogens with one attached hydrogen (secondary N) is 1. The van der Waals surface area contributed by atoms with Crippen molar-refractivity contribution in [2.24, 2.45) is 5.73 Å². The number of allylic oxidation sites excluding steroid dienone is 1. The fourth-order valence-electron chi connectivity index (χ4n) is 1.55. The quantitative estimate of drug-likeness (QED) is 0.583. The molecule has 0 heterocycles. The molecule has 0 radical (unpaired) electrons. The molecule has 0 spiro atoms. The summed E-state index contributed by atoms with van der Waals surface area (Å²) in [7, 11) is 0. The summed E-state index contributed by atoms with van der Waals surface area (Å²) in [6.45, 7) is 2.64. The summed E-state index contributed by atoms with van der Waals surface area (Å²) in [5.74, 6) is 0.00542. The zero-order valence-corrected chi connectivity index (χ0v) is 10.2. The molecule has 1 aromatic rings. The topological polar surface area (TPSA) is 55.1 Å². The number of hydrogen-bond acceptors (Lipinski definition) is 2. The van der Waals surface area contributed by atoms with E-state index < -0.39 is 0 Å². The van der Waals surface area contributed by atoms with Crippen molar-refractivity contribution in [3.63, 3.8) is 0 Å². The number of amides is 1. The molecular formula is C14H20N2O. The third-order valence-corrected chi connectivity index (χ3v) is 2.50. The molecule has 17 heavy (non-hydrogen) atoms. The number of rotatable bonds is 6. The molecule has 1 aromatic carbocycles. The van der Waals surface area contributed by atoms with Crippen molar-refractivity contribution in [1.82, 2.24) is 5.32 Å². The summed E-state index contributed by atoms with van der Waals surface area (Å²) < 4.78 is 0. The van der Waals surface area contributed by atoms with Crippen LogP contribution >= 0.6 is 0 Å². The largest absolute Gasteiger partial charge is 0.356 e. The second kappa shape index (κ2) is 7.63. The van der Waals surface area contributed by atoms with E-state index in [9.17, 15) is 4.79 Å². The van der Waals surface area contributed by atoms with Crippen molar-refractivity contribution < 1.29 is 4.79 Å². The molecule has 3 nitrogen and oxygen atoms in total.